The molecule has 0 saturated heterocycles. The third-order valence-electron chi connectivity index (χ3n) is 3.11. The van der Waals surface area contributed by atoms with E-state index in [2.05, 4.69) is 5.32 Å². The first-order valence-corrected chi connectivity index (χ1v) is 8.74. The van der Waals surface area contributed by atoms with Gasteiger partial charge < -0.3 is 10.1 Å². The Morgan fingerprint density at radius 2 is 2.00 bits per heavy atom. The SMILES string of the molecule is O=C(COC(=O)/C(=C/c1cccs1)c1cccs1)NC1CC1. The second kappa shape index (κ2) is 6.89. The van der Waals surface area contributed by atoms with Gasteiger partial charge in [0.25, 0.3) is 5.91 Å². The van der Waals surface area contributed by atoms with Crippen LogP contribution in [0.3, 0.4) is 0 Å². The van der Waals surface area contributed by atoms with Crippen molar-refractivity contribution in [2.45, 2.75) is 18.9 Å². The molecule has 1 aliphatic carbocycles. The molecule has 6 heteroatoms. The van der Waals surface area contributed by atoms with Crippen molar-refractivity contribution >= 4 is 46.2 Å². The predicted molar refractivity (Wildman–Crippen MR) is 88.6 cm³/mol. The fourth-order valence-corrected chi connectivity index (χ4v) is 3.27. The Morgan fingerprint density at radius 1 is 1.23 bits per heavy atom. The maximum atomic E-state index is 12.3. The highest BCUT2D eigenvalue weighted by Crippen LogP contribution is 2.25. The number of rotatable bonds is 6. The summed E-state index contributed by atoms with van der Waals surface area (Å²) in [6.07, 6.45) is 3.83. The van der Waals surface area contributed by atoms with Crippen LogP contribution in [-0.4, -0.2) is 24.5 Å². The summed E-state index contributed by atoms with van der Waals surface area (Å²) in [6, 6.07) is 7.89. The number of thiophene rings is 2. The van der Waals surface area contributed by atoms with Gasteiger partial charge in [0.15, 0.2) is 6.61 Å². The van der Waals surface area contributed by atoms with E-state index in [9.17, 15) is 9.59 Å². The van der Waals surface area contributed by atoms with Crippen LogP contribution in [0.1, 0.15) is 22.6 Å². The quantitative estimate of drug-likeness (QED) is 0.652. The standard InChI is InChI=1S/C16H15NO3S2/c18-15(17-11-5-6-11)10-20-16(19)13(14-4-2-8-22-14)9-12-3-1-7-21-12/h1-4,7-9,11H,5-6,10H2,(H,17,18)/b13-9+. The van der Waals surface area contributed by atoms with Crippen molar-refractivity contribution in [1.82, 2.24) is 5.32 Å². The lowest BCUT2D eigenvalue weighted by Gasteiger charge is -2.07. The molecule has 0 radical (unpaired) electrons. The number of nitrogens with one attached hydrogen (secondary N) is 1. The maximum absolute atomic E-state index is 12.3. The Bertz CT molecular complexity index is 670. The Balaban J connectivity index is 1.68. The monoisotopic (exact) mass is 333 g/mol. The molecule has 0 atom stereocenters. The first-order chi connectivity index (χ1) is 10.7. The average molecular weight is 333 g/mol. The van der Waals surface area contributed by atoms with Gasteiger partial charge in [-0.3, -0.25) is 4.79 Å². The number of esters is 1. The van der Waals surface area contributed by atoms with Crippen molar-refractivity contribution in [3.05, 3.63) is 44.8 Å². The fraction of sp³-hybridized carbons (Fsp3) is 0.250. The molecule has 1 aliphatic rings. The molecule has 1 fully saturated rings. The first kappa shape index (κ1) is 15.0. The van der Waals surface area contributed by atoms with Crippen molar-refractivity contribution in [3.63, 3.8) is 0 Å². The van der Waals surface area contributed by atoms with Gasteiger partial charge >= 0.3 is 5.97 Å². The lowest BCUT2D eigenvalue weighted by molar-refractivity contribution is -0.142. The Hall–Kier alpha value is -1.92. The summed E-state index contributed by atoms with van der Waals surface area (Å²) in [5.74, 6) is -0.709. The van der Waals surface area contributed by atoms with Crippen molar-refractivity contribution in [2.24, 2.45) is 0 Å². The molecule has 1 saturated carbocycles. The van der Waals surface area contributed by atoms with Gasteiger partial charge in [-0.25, -0.2) is 4.79 Å². The number of hydrogen-bond donors (Lipinski definition) is 1. The molecule has 22 heavy (non-hydrogen) atoms. The molecule has 4 nitrogen and oxygen atoms in total. The van der Waals surface area contributed by atoms with Gasteiger partial charge in [0.1, 0.15) is 0 Å². The van der Waals surface area contributed by atoms with Gasteiger partial charge in [0.2, 0.25) is 0 Å². The zero-order valence-electron chi connectivity index (χ0n) is 11.8. The molecule has 0 bridgehead atoms. The van der Waals surface area contributed by atoms with Crippen LogP contribution in [0.2, 0.25) is 0 Å². The highest BCUT2D eigenvalue weighted by molar-refractivity contribution is 7.12. The van der Waals surface area contributed by atoms with E-state index in [1.807, 2.05) is 35.0 Å². The van der Waals surface area contributed by atoms with Crippen molar-refractivity contribution in [2.75, 3.05) is 6.61 Å². The van der Waals surface area contributed by atoms with Gasteiger partial charge in [0.05, 0.1) is 5.57 Å². The molecule has 0 aromatic carbocycles. The summed E-state index contributed by atoms with van der Waals surface area (Å²) in [5.41, 5.74) is 0.483. The number of amides is 1. The van der Waals surface area contributed by atoms with Crippen LogP contribution in [0.5, 0.6) is 0 Å². The largest absolute Gasteiger partial charge is 0.452 e. The van der Waals surface area contributed by atoms with Crippen molar-refractivity contribution in [1.29, 1.82) is 0 Å². The van der Waals surface area contributed by atoms with E-state index < -0.39 is 5.97 Å². The Morgan fingerprint density at radius 3 is 2.64 bits per heavy atom. The summed E-state index contributed by atoms with van der Waals surface area (Å²) in [4.78, 5) is 25.7. The third-order valence-corrected chi connectivity index (χ3v) is 4.84. The lowest BCUT2D eigenvalue weighted by atomic mass is 10.2. The second-order valence-electron chi connectivity index (χ2n) is 4.97. The molecule has 0 spiro atoms. The molecule has 1 N–H and O–H groups in total. The lowest BCUT2D eigenvalue weighted by Crippen LogP contribution is -2.30. The Labute approximate surface area is 136 Å². The topological polar surface area (TPSA) is 55.4 Å². The normalized spacial score (nSPS) is 14.6. The number of hydrogen-bond acceptors (Lipinski definition) is 5. The smallest absolute Gasteiger partial charge is 0.340 e. The zero-order chi connectivity index (χ0) is 15.4. The fourth-order valence-electron chi connectivity index (χ4n) is 1.88. The highest BCUT2D eigenvalue weighted by atomic mass is 32.1. The van der Waals surface area contributed by atoms with Gasteiger partial charge in [-0.2, -0.15) is 0 Å². The van der Waals surface area contributed by atoms with Gasteiger partial charge in [-0.15, -0.1) is 22.7 Å². The summed E-state index contributed by atoms with van der Waals surface area (Å²) >= 11 is 3.02. The first-order valence-electron chi connectivity index (χ1n) is 6.98. The highest BCUT2D eigenvalue weighted by Gasteiger charge is 2.24. The van der Waals surface area contributed by atoms with E-state index in [1.54, 1.807) is 17.4 Å². The summed E-state index contributed by atoms with van der Waals surface area (Å²) in [6.45, 7) is -0.234. The molecule has 2 aromatic heterocycles. The number of carbonyl (C=O) groups excluding carboxylic acids is 2. The van der Waals surface area contributed by atoms with Crippen LogP contribution in [0.15, 0.2) is 35.0 Å². The van der Waals surface area contributed by atoms with E-state index in [0.29, 0.717) is 5.57 Å². The Kier molecular flexibility index (Phi) is 4.70. The maximum Gasteiger partial charge on any atom is 0.340 e. The summed E-state index contributed by atoms with van der Waals surface area (Å²) in [7, 11) is 0. The molecule has 0 unspecified atom stereocenters. The zero-order valence-corrected chi connectivity index (χ0v) is 13.4. The molecule has 3 rings (SSSR count). The van der Waals surface area contributed by atoms with Crippen molar-refractivity contribution < 1.29 is 14.3 Å². The van der Waals surface area contributed by atoms with Crippen LogP contribution in [0.25, 0.3) is 11.6 Å². The third kappa shape index (κ3) is 4.05. The molecule has 2 heterocycles. The average Bonchev–Trinajstić information content (AvgIpc) is 2.98. The van der Waals surface area contributed by atoms with Gasteiger partial charge in [0, 0.05) is 15.8 Å². The predicted octanol–water partition coefficient (Wildman–Crippen LogP) is 3.17. The minimum Gasteiger partial charge on any atom is -0.452 e. The minimum absolute atomic E-state index is 0.234. The number of ether oxygens (including phenoxy) is 1. The summed E-state index contributed by atoms with van der Waals surface area (Å²) < 4.78 is 5.16. The second-order valence-corrected chi connectivity index (χ2v) is 6.90. The van der Waals surface area contributed by atoms with Gasteiger partial charge in [-0.1, -0.05) is 12.1 Å². The van der Waals surface area contributed by atoms with Crippen LogP contribution in [-0.2, 0) is 14.3 Å². The van der Waals surface area contributed by atoms with Crippen LogP contribution >= 0.6 is 22.7 Å². The number of carbonyl (C=O) groups is 2. The molecule has 114 valence electrons. The van der Waals surface area contributed by atoms with Crippen LogP contribution < -0.4 is 5.32 Å². The van der Waals surface area contributed by atoms with Crippen LogP contribution in [0, 0.1) is 0 Å². The van der Waals surface area contributed by atoms with Crippen LogP contribution in [0.4, 0.5) is 0 Å². The van der Waals surface area contributed by atoms with E-state index in [4.69, 9.17) is 4.74 Å². The molecule has 1 amide bonds. The van der Waals surface area contributed by atoms with E-state index >= 15 is 0 Å². The molecule has 0 aliphatic heterocycles. The minimum atomic E-state index is -0.471. The van der Waals surface area contributed by atoms with E-state index in [0.717, 1.165) is 22.6 Å². The molecule has 2 aromatic rings. The van der Waals surface area contributed by atoms with Crippen molar-refractivity contribution in [3.8, 4) is 0 Å². The van der Waals surface area contributed by atoms with E-state index in [1.165, 1.54) is 11.3 Å². The molecular weight excluding hydrogens is 318 g/mol. The molecular formula is C16H15NO3S2. The summed E-state index contributed by atoms with van der Waals surface area (Å²) in [5, 5.41) is 6.66. The van der Waals surface area contributed by atoms with Gasteiger partial charge in [-0.05, 0) is 41.8 Å². The van der Waals surface area contributed by atoms with E-state index in [-0.39, 0.29) is 18.6 Å².